The number of hydrogen-bond donors (Lipinski definition) is 2. The van der Waals surface area contributed by atoms with Crippen LogP contribution < -0.4 is 0 Å². The van der Waals surface area contributed by atoms with Crippen molar-refractivity contribution in [1.82, 2.24) is 4.90 Å². The molecule has 0 saturated carbocycles. The van der Waals surface area contributed by atoms with Crippen molar-refractivity contribution in [2.75, 3.05) is 26.2 Å². The first-order valence-electron chi connectivity index (χ1n) is 13.3. The summed E-state index contributed by atoms with van der Waals surface area (Å²) >= 11 is 0. The third kappa shape index (κ3) is 8.53. The van der Waals surface area contributed by atoms with Crippen molar-refractivity contribution in [2.45, 2.75) is 59.2 Å². The highest BCUT2D eigenvalue weighted by molar-refractivity contribution is 5.90. The third-order valence-corrected chi connectivity index (χ3v) is 6.90. The third-order valence-electron chi connectivity index (χ3n) is 6.90. The van der Waals surface area contributed by atoms with Crippen LogP contribution in [-0.2, 0) is 11.2 Å². The van der Waals surface area contributed by atoms with E-state index >= 15 is 0 Å². The Morgan fingerprint density at radius 1 is 1.00 bits per heavy atom. The summed E-state index contributed by atoms with van der Waals surface area (Å²) in [6, 6.07) is 22.0. The van der Waals surface area contributed by atoms with Crippen molar-refractivity contribution in [3.8, 4) is 11.1 Å². The summed E-state index contributed by atoms with van der Waals surface area (Å²) in [4.78, 5) is 13.5. The van der Waals surface area contributed by atoms with Gasteiger partial charge in [-0.3, -0.25) is 0 Å². The Morgan fingerprint density at radius 3 is 2.30 bits per heavy atom. The molecule has 5 heteroatoms. The van der Waals surface area contributed by atoms with Gasteiger partial charge in [0.2, 0.25) is 0 Å². The number of likely N-dealkylation sites (tertiary alicyclic amines) is 1. The monoisotopic (exact) mass is 503 g/mol. The normalized spacial score (nSPS) is 15.1. The lowest BCUT2D eigenvalue weighted by Crippen LogP contribution is -2.33. The smallest absolute Gasteiger partial charge is 0.335 e. The zero-order valence-corrected chi connectivity index (χ0v) is 22.6. The molecule has 1 heterocycles. The molecule has 5 nitrogen and oxygen atoms in total. The molecule has 3 aromatic rings. The van der Waals surface area contributed by atoms with Crippen molar-refractivity contribution < 1.29 is 19.7 Å². The van der Waals surface area contributed by atoms with Crippen molar-refractivity contribution in [3.05, 3.63) is 94.5 Å². The van der Waals surface area contributed by atoms with Gasteiger partial charge in [-0.2, -0.15) is 0 Å². The van der Waals surface area contributed by atoms with Gasteiger partial charge >= 0.3 is 5.97 Å². The molecule has 0 aromatic heterocycles. The SMILES string of the molecule is CCc1ccc(C)cc1.Cc1cc(-c2ccccc2C(C)OCC(O)CN2CCCC2)ccc1C(=O)O. The number of carboxylic acid groups (broad SMARTS) is 1. The van der Waals surface area contributed by atoms with Crippen molar-refractivity contribution in [3.63, 3.8) is 0 Å². The van der Waals surface area contributed by atoms with Crippen LogP contribution in [0, 0.1) is 13.8 Å². The van der Waals surface area contributed by atoms with Gasteiger partial charge in [-0.1, -0.05) is 73.2 Å². The summed E-state index contributed by atoms with van der Waals surface area (Å²) in [7, 11) is 0. The molecular weight excluding hydrogens is 462 g/mol. The van der Waals surface area contributed by atoms with Crippen molar-refractivity contribution in [1.29, 1.82) is 0 Å². The quantitative estimate of drug-likeness (QED) is 0.351. The largest absolute Gasteiger partial charge is 0.478 e. The van der Waals surface area contributed by atoms with E-state index in [0.29, 0.717) is 18.7 Å². The summed E-state index contributed by atoms with van der Waals surface area (Å²) in [5, 5.41) is 19.5. The van der Waals surface area contributed by atoms with E-state index in [1.54, 1.807) is 6.07 Å². The maximum Gasteiger partial charge on any atom is 0.335 e. The fourth-order valence-corrected chi connectivity index (χ4v) is 4.67. The highest BCUT2D eigenvalue weighted by Crippen LogP contribution is 2.31. The Bertz CT molecular complexity index is 1140. The van der Waals surface area contributed by atoms with E-state index in [0.717, 1.165) is 41.8 Å². The number of nitrogens with zero attached hydrogens (tertiary/aromatic N) is 1. The minimum absolute atomic E-state index is 0.177. The van der Waals surface area contributed by atoms with E-state index in [-0.39, 0.29) is 6.10 Å². The second-order valence-electron chi connectivity index (χ2n) is 9.90. The van der Waals surface area contributed by atoms with E-state index in [2.05, 4.69) is 43.0 Å². The molecule has 0 amide bonds. The Hall–Kier alpha value is -2.99. The first kappa shape index (κ1) is 28.6. The fraction of sp³-hybridized carbons (Fsp3) is 0.406. The van der Waals surface area contributed by atoms with Crippen molar-refractivity contribution >= 4 is 5.97 Å². The Kier molecular flexibility index (Phi) is 10.9. The summed E-state index contributed by atoms with van der Waals surface area (Å²) in [5.41, 5.74) is 6.81. The number of carbonyl (C=O) groups is 1. The van der Waals surface area contributed by atoms with Crippen LogP contribution in [-0.4, -0.2) is 53.4 Å². The minimum atomic E-state index is -0.916. The summed E-state index contributed by atoms with van der Waals surface area (Å²) in [6.45, 7) is 11.1. The molecular formula is C32H41NO4. The maximum absolute atomic E-state index is 11.3. The standard InChI is InChI=1S/C23H29NO4.C9H12/c1-16-13-18(9-10-20(16)23(26)27)22-8-4-3-7-21(22)17(2)28-15-19(25)14-24-11-5-6-12-24;1-3-9-6-4-8(2)5-7-9/h3-4,7-10,13,17,19,25H,5-6,11-12,14-15H2,1-2H3,(H,26,27);4-7H,3H2,1-2H3. The van der Waals surface area contributed by atoms with Crippen molar-refractivity contribution in [2.24, 2.45) is 0 Å². The summed E-state index contributed by atoms with van der Waals surface area (Å²) in [6.07, 6.45) is 2.88. The van der Waals surface area contributed by atoms with Gasteiger partial charge in [0.15, 0.2) is 0 Å². The number of carboxylic acids is 1. The summed E-state index contributed by atoms with van der Waals surface area (Å²) < 4.78 is 5.98. The van der Waals surface area contributed by atoms with Crippen LogP contribution in [0.4, 0.5) is 0 Å². The first-order valence-corrected chi connectivity index (χ1v) is 13.3. The minimum Gasteiger partial charge on any atom is -0.478 e. The second-order valence-corrected chi connectivity index (χ2v) is 9.90. The van der Waals surface area contributed by atoms with Crippen LogP contribution in [0.15, 0.2) is 66.7 Å². The van der Waals surface area contributed by atoms with Gasteiger partial charge in [-0.15, -0.1) is 0 Å². The maximum atomic E-state index is 11.3. The highest BCUT2D eigenvalue weighted by Gasteiger charge is 2.18. The molecule has 198 valence electrons. The Labute approximate surface area is 221 Å². The van der Waals surface area contributed by atoms with Gasteiger partial charge in [0.05, 0.1) is 24.4 Å². The molecule has 1 fully saturated rings. The van der Waals surface area contributed by atoms with Gasteiger partial charge in [0.25, 0.3) is 0 Å². The second kappa shape index (κ2) is 14.1. The first-order chi connectivity index (χ1) is 17.8. The molecule has 0 bridgehead atoms. The van der Waals surface area contributed by atoms with E-state index in [1.165, 1.54) is 24.0 Å². The number of rotatable bonds is 9. The molecule has 0 aliphatic carbocycles. The molecule has 4 rings (SSSR count). The van der Waals surface area contributed by atoms with Crippen LogP contribution in [0.3, 0.4) is 0 Å². The molecule has 1 aliphatic rings. The number of aryl methyl sites for hydroxylation is 3. The zero-order valence-electron chi connectivity index (χ0n) is 22.6. The van der Waals surface area contributed by atoms with E-state index in [1.807, 2.05) is 50.2 Å². The molecule has 0 radical (unpaired) electrons. The zero-order chi connectivity index (χ0) is 26.8. The Morgan fingerprint density at radius 2 is 1.68 bits per heavy atom. The van der Waals surface area contributed by atoms with Gasteiger partial charge in [-0.05, 0) is 87.0 Å². The number of benzene rings is 3. The molecule has 3 aromatic carbocycles. The van der Waals surface area contributed by atoms with Crippen LogP contribution in [0.5, 0.6) is 0 Å². The predicted octanol–water partition coefficient (Wildman–Crippen LogP) is 6.45. The molecule has 2 unspecified atom stereocenters. The molecule has 2 N–H and O–H groups in total. The average molecular weight is 504 g/mol. The molecule has 1 aliphatic heterocycles. The Balaban J connectivity index is 0.000000356. The predicted molar refractivity (Wildman–Crippen MR) is 150 cm³/mol. The van der Waals surface area contributed by atoms with Gasteiger partial charge in [0.1, 0.15) is 0 Å². The highest BCUT2D eigenvalue weighted by atomic mass is 16.5. The van der Waals surface area contributed by atoms with Gasteiger partial charge < -0.3 is 19.8 Å². The van der Waals surface area contributed by atoms with Gasteiger partial charge in [-0.25, -0.2) is 4.79 Å². The average Bonchev–Trinajstić information content (AvgIpc) is 3.41. The fourth-order valence-electron chi connectivity index (χ4n) is 4.67. The van der Waals surface area contributed by atoms with E-state index in [4.69, 9.17) is 4.74 Å². The number of hydrogen-bond acceptors (Lipinski definition) is 4. The van der Waals surface area contributed by atoms with Crippen LogP contribution in [0.25, 0.3) is 11.1 Å². The van der Waals surface area contributed by atoms with Crippen LogP contribution in [0.2, 0.25) is 0 Å². The number of β-amino-alcohol motifs (C(OH)–C–C–N with tert-alkyl or cyclic N) is 1. The van der Waals surface area contributed by atoms with E-state index < -0.39 is 12.1 Å². The summed E-state index contributed by atoms with van der Waals surface area (Å²) in [5.74, 6) is -0.916. The molecule has 0 spiro atoms. The lowest BCUT2D eigenvalue weighted by molar-refractivity contribution is -0.0131. The van der Waals surface area contributed by atoms with Gasteiger partial charge in [0, 0.05) is 6.54 Å². The number of aliphatic hydroxyl groups excluding tert-OH is 1. The lowest BCUT2D eigenvalue weighted by atomic mass is 9.94. The number of aromatic carboxylic acids is 1. The van der Waals surface area contributed by atoms with Crippen LogP contribution in [0.1, 0.15) is 65.4 Å². The molecule has 2 atom stereocenters. The van der Waals surface area contributed by atoms with E-state index in [9.17, 15) is 15.0 Å². The lowest BCUT2D eigenvalue weighted by Gasteiger charge is -2.22. The number of aliphatic hydroxyl groups is 1. The molecule has 37 heavy (non-hydrogen) atoms. The molecule has 1 saturated heterocycles. The number of ether oxygens (including phenoxy) is 1. The topological polar surface area (TPSA) is 70.0 Å². The van der Waals surface area contributed by atoms with Crippen LogP contribution >= 0.6 is 0 Å².